The van der Waals surface area contributed by atoms with Gasteiger partial charge in [-0.3, -0.25) is 14.8 Å². The highest BCUT2D eigenvalue weighted by Gasteiger charge is 2.06. The molecule has 0 radical (unpaired) electrons. The van der Waals surface area contributed by atoms with Crippen LogP contribution in [0.5, 0.6) is 0 Å². The first-order valence-corrected chi connectivity index (χ1v) is 6.78. The monoisotopic (exact) mass is 294 g/mol. The number of rotatable bonds is 8. The van der Waals surface area contributed by atoms with Crippen LogP contribution in [0.1, 0.15) is 23.2 Å². The maximum absolute atomic E-state index is 11.8. The lowest BCUT2D eigenvalue weighted by molar-refractivity contribution is -0.129. The van der Waals surface area contributed by atoms with Gasteiger partial charge in [-0.2, -0.15) is 0 Å². The zero-order chi connectivity index (χ0) is 15.7. The van der Waals surface area contributed by atoms with Gasteiger partial charge in [0.1, 0.15) is 0 Å². The molecule has 0 unspecified atom stereocenters. The van der Waals surface area contributed by atoms with Gasteiger partial charge in [-0.05, 0) is 44.3 Å². The summed E-state index contributed by atoms with van der Waals surface area (Å²) in [6.07, 6.45) is 0.924. The number of amides is 2. The first-order valence-electron chi connectivity index (χ1n) is 6.78. The molecular weight excluding hydrogens is 272 g/mol. The molecule has 0 aliphatic heterocycles. The summed E-state index contributed by atoms with van der Waals surface area (Å²) in [5.41, 5.74) is 8.36. The molecular formula is C14H22N4O3. The van der Waals surface area contributed by atoms with Crippen LogP contribution in [0.4, 0.5) is 5.69 Å². The molecule has 2 amide bonds. The minimum atomic E-state index is -0.389. The number of nitrogens with zero attached hydrogens (tertiary/aromatic N) is 1. The third kappa shape index (κ3) is 6.73. The predicted molar refractivity (Wildman–Crippen MR) is 79.8 cm³/mol. The van der Waals surface area contributed by atoms with Crippen LogP contribution in [0.25, 0.3) is 0 Å². The Labute approximate surface area is 124 Å². The predicted octanol–water partition coefficient (Wildman–Crippen LogP) is 0.216. The molecule has 116 valence electrons. The second kappa shape index (κ2) is 8.93. The Balaban J connectivity index is 2.19. The number of hydrogen-bond donors (Lipinski definition) is 4. The van der Waals surface area contributed by atoms with Gasteiger partial charge >= 0.3 is 0 Å². The van der Waals surface area contributed by atoms with Crippen molar-refractivity contribution in [2.45, 2.75) is 12.8 Å². The number of benzene rings is 1. The highest BCUT2D eigenvalue weighted by atomic mass is 16.5. The van der Waals surface area contributed by atoms with E-state index in [1.54, 1.807) is 29.7 Å². The van der Waals surface area contributed by atoms with Gasteiger partial charge < -0.3 is 16.0 Å². The lowest BCUT2D eigenvalue weighted by atomic mass is 10.2. The molecule has 0 aliphatic carbocycles. The summed E-state index contributed by atoms with van der Waals surface area (Å²) in [7, 11) is 1.91. The molecule has 1 rings (SSSR count). The summed E-state index contributed by atoms with van der Waals surface area (Å²) in [5, 5.41) is 11.2. The number of nitrogen functional groups attached to an aromatic ring is 1. The fraction of sp³-hybridized carbons (Fsp3) is 0.429. The SMILES string of the molecule is CN(CCCC(=O)NO)CCNC(=O)c1ccc(N)cc1. The molecule has 0 bridgehead atoms. The minimum absolute atomic E-state index is 0.136. The zero-order valence-corrected chi connectivity index (χ0v) is 12.1. The molecule has 0 saturated carbocycles. The van der Waals surface area contributed by atoms with E-state index in [0.717, 1.165) is 0 Å². The van der Waals surface area contributed by atoms with Crippen molar-refractivity contribution in [3.8, 4) is 0 Å². The fourth-order valence-electron chi connectivity index (χ4n) is 1.77. The molecule has 0 atom stereocenters. The van der Waals surface area contributed by atoms with Crippen LogP contribution < -0.4 is 16.5 Å². The van der Waals surface area contributed by atoms with E-state index >= 15 is 0 Å². The average Bonchev–Trinajstić information content (AvgIpc) is 2.47. The Morgan fingerprint density at radius 2 is 1.90 bits per heavy atom. The fourth-order valence-corrected chi connectivity index (χ4v) is 1.77. The van der Waals surface area contributed by atoms with Crippen LogP contribution in [-0.4, -0.2) is 48.6 Å². The third-order valence-corrected chi connectivity index (χ3v) is 3.02. The number of nitrogens with one attached hydrogen (secondary N) is 2. The van der Waals surface area contributed by atoms with Crippen molar-refractivity contribution < 1.29 is 14.8 Å². The number of hydrogen-bond acceptors (Lipinski definition) is 5. The van der Waals surface area contributed by atoms with Crippen LogP contribution in [0, 0.1) is 0 Å². The highest BCUT2D eigenvalue weighted by molar-refractivity contribution is 5.94. The lowest BCUT2D eigenvalue weighted by Crippen LogP contribution is -2.33. The maximum Gasteiger partial charge on any atom is 0.251 e. The van der Waals surface area contributed by atoms with E-state index in [9.17, 15) is 9.59 Å². The Morgan fingerprint density at radius 1 is 1.24 bits per heavy atom. The minimum Gasteiger partial charge on any atom is -0.399 e. The van der Waals surface area contributed by atoms with Gasteiger partial charge in [-0.15, -0.1) is 0 Å². The molecule has 1 aromatic carbocycles. The van der Waals surface area contributed by atoms with Gasteiger partial charge in [0, 0.05) is 30.8 Å². The van der Waals surface area contributed by atoms with E-state index in [-0.39, 0.29) is 18.2 Å². The highest BCUT2D eigenvalue weighted by Crippen LogP contribution is 2.04. The second-order valence-electron chi connectivity index (χ2n) is 4.82. The van der Waals surface area contributed by atoms with Crippen LogP contribution in [0.15, 0.2) is 24.3 Å². The van der Waals surface area contributed by atoms with Gasteiger partial charge in [0.25, 0.3) is 5.91 Å². The smallest absolute Gasteiger partial charge is 0.251 e. The number of likely N-dealkylation sites (N-methyl/N-ethyl adjacent to an activating group) is 1. The van der Waals surface area contributed by atoms with Crippen LogP contribution in [0.2, 0.25) is 0 Å². The molecule has 0 aliphatic rings. The summed E-state index contributed by atoms with van der Waals surface area (Å²) >= 11 is 0. The number of hydroxylamine groups is 1. The molecule has 0 heterocycles. The van der Waals surface area contributed by atoms with Crippen molar-refractivity contribution in [1.29, 1.82) is 0 Å². The third-order valence-electron chi connectivity index (χ3n) is 3.02. The molecule has 0 fully saturated rings. The molecule has 0 spiro atoms. The van der Waals surface area contributed by atoms with Crippen molar-refractivity contribution in [2.24, 2.45) is 0 Å². The van der Waals surface area contributed by atoms with E-state index in [1.807, 2.05) is 11.9 Å². The Kier molecular flexibility index (Phi) is 7.20. The average molecular weight is 294 g/mol. The summed E-state index contributed by atoms with van der Waals surface area (Å²) in [5.74, 6) is -0.525. The van der Waals surface area contributed by atoms with Gasteiger partial charge in [0.15, 0.2) is 0 Å². The van der Waals surface area contributed by atoms with Gasteiger partial charge in [-0.25, -0.2) is 5.48 Å². The Hall–Kier alpha value is -2.12. The second-order valence-corrected chi connectivity index (χ2v) is 4.82. The summed E-state index contributed by atoms with van der Waals surface area (Å²) in [6, 6.07) is 6.74. The topological polar surface area (TPSA) is 108 Å². The van der Waals surface area contributed by atoms with Gasteiger partial charge in [0.2, 0.25) is 5.91 Å². The Morgan fingerprint density at radius 3 is 2.52 bits per heavy atom. The van der Waals surface area contributed by atoms with Crippen molar-refractivity contribution in [3.63, 3.8) is 0 Å². The zero-order valence-electron chi connectivity index (χ0n) is 12.1. The molecule has 5 N–H and O–H groups in total. The quantitative estimate of drug-likeness (QED) is 0.311. The Bertz CT molecular complexity index is 462. The van der Waals surface area contributed by atoms with Crippen LogP contribution in [-0.2, 0) is 4.79 Å². The van der Waals surface area contributed by atoms with Crippen molar-refractivity contribution in [1.82, 2.24) is 15.7 Å². The lowest BCUT2D eigenvalue weighted by Gasteiger charge is -2.16. The first kappa shape index (κ1) is 16.9. The van der Waals surface area contributed by atoms with E-state index in [0.29, 0.717) is 37.3 Å². The summed E-state index contributed by atoms with van der Waals surface area (Å²) < 4.78 is 0. The summed E-state index contributed by atoms with van der Waals surface area (Å²) in [6.45, 7) is 1.92. The summed E-state index contributed by atoms with van der Waals surface area (Å²) in [4.78, 5) is 24.7. The van der Waals surface area contributed by atoms with E-state index in [4.69, 9.17) is 10.9 Å². The molecule has 1 aromatic rings. The van der Waals surface area contributed by atoms with E-state index in [2.05, 4.69) is 5.32 Å². The maximum atomic E-state index is 11.8. The molecule has 0 saturated heterocycles. The number of carbonyl (C=O) groups excluding carboxylic acids is 2. The van der Waals surface area contributed by atoms with Gasteiger partial charge in [0.05, 0.1) is 0 Å². The van der Waals surface area contributed by atoms with Crippen molar-refractivity contribution in [2.75, 3.05) is 32.4 Å². The normalized spacial score (nSPS) is 10.4. The van der Waals surface area contributed by atoms with Crippen molar-refractivity contribution >= 4 is 17.5 Å². The number of anilines is 1. The largest absolute Gasteiger partial charge is 0.399 e. The van der Waals surface area contributed by atoms with Crippen LogP contribution in [0.3, 0.4) is 0 Å². The van der Waals surface area contributed by atoms with Crippen LogP contribution >= 0.6 is 0 Å². The molecule has 0 aromatic heterocycles. The number of nitrogens with two attached hydrogens (primary N) is 1. The molecule has 7 heteroatoms. The van der Waals surface area contributed by atoms with Gasteiger partial charge in [-0.1, -0.05) is 0 Å². The number of carbonyl (C=O) groups is 2. The van der Waals surface area contributed by atoms with Crippen molar-refractivity contribution in [3.05, 3.63) is 29.8 Å². The molecule has 21 heavy (non-hydrogen) atoms. The van der Waals surface area contributed by atoms with E-state index in [1.165, 1.54) is 0 Å². The van der Waals surface area contributed by atoms with E-state index < -0.39 is 0 Å². The molecule has 7 nitrogen and oxygen atoms in total. The standard InChI is InChI=1S/C14H22N4O3/c1-18(9-2-3-13(19)17-21)10-8-16-14(20)11-4-6-12(15)7-5-11/h4-7,21H,2-3,8-10,15H2,1H3,(H,16,20)(H,17,19). The first-order chi connectivity index (χ1) is 10.0.